The standard InChI is InChI=1S/C14H13N5O2/c15-19-17-11-6-10(7-11)16-14(20)13-8-12(18-21-13)9-4-2-1-3-5-9/h1-5,8,10-11H,6-7H2,(H,16,20). The number of benzene rings is 1. The maximum atomic E-state index is 12.0. The Hall–Kier alpha value is -2.79. The second-order valence-electron chi connectivity index (χ2n) is 4.94. The molecule has 0 bridgehead atoms. The number of hydrogen-bond donors (Lipinski definition) is 1. The molecule has 1 aromatic heterocycles. The van der Waals surface area contributed by atoms with Crippen LogP contribution in [0.25, 0.3) is 21.7 Å². The molecule has 0 saturated heterocycles. The van der Waals surface area contributed by atoms with Crippen LogP contribution in [0.1, 0.15) is 23.4 Å². The van der Waals surface area contributed by atoms with Crippen LogP contribution in [-0.2, 0) is 0 Å². The zero-order chi connectivity index (χ0) is 14.7. The number of nitrogens with one attached hydrogen (secondary N) is 1. The van der Waals surface area contributed by atoms with Crippen molar-refractivity contribution < 1.29 is 9.32 Å². The Morgan fingerprint density at radius 1 is 1.38 bits per heavy atom. The lowest BCUT2D eigenvalue weighted by atomic mass is 9.87. The average molecular weight is 283 g/mol. The van der Waals surface area contributed by atoms with Crippen molar-refractivity contribution in [1.82, 2.24) is 10.5 Å². The number of nitrogens with zero attached hydrogens (tertiary/aromatic N) is 4. The molecule has 106 valence electrons. The molecule has 2 aromatic rings. The number of aromatic nitrogens is 1. The summed E-state index contributed by atoms with van der Waals surface area (Å²) in [5.41, 5.74) is 9.83. The first-order chi connectivity index (χ1) is 10.3. The minimum Gasteiger partial charge on any atom is -0.350 e. The van der Waals surface area contributed by atoms with E-state index in [2.05, 4.69) is 20.5 Å². The van der Waals surface area contributed by atoms with E-state index in [9.17, 15) is 4.79 Å². The van der Waals surface area contributed by atoms with Gasteiger partial charge in [-0.2, -0.15) is 0 Å². The van der Waals surface area contributed by atoms with Gasteiger partial charge in [0, 0.05) is 28.6 Å². The van der Waals surface area contributed by atoms with E-state index < -0.39 is 0 Å². The fraction of sp³-hybridized carbons (Fsp3) is 0.286. The first kappa shape index (κ1) is 13.2. The molecule has 7 heteroatoms. The Kier molecular flexibility index (Phi) is 3.57. The summed E-state index contributed by atoms with van der Waals surface area (Å²) in [6.45, 7) is 0. The summed E-state index contributed by atoms with van der Waals surface area (Å²) in [5, 5.41) is 10.3. The Balaban J connectivity index is 1.62. The van der Waals surface area contributed by atoms with Crippen LogP contribution in [0.3, 0.4) is 0 Å². The van der Waals surface area contributed by atoms with Crippen LogP contribution in [0.2, 0.25) is 0 Å². The molecule has 1 aliphatic rings. The summed E-state index contributed by atoms with van der Waals surface area (Å²) < 4.78 is 5.08. The van der Waals surface area contributed by atoms with E-state index in [0.29, 0.717) is 18.5 Å². The predicted molar refractivity (Wildman–Crippen MR) is 75.4 cm³/mol. The van der Waals surface area contributed by atoms with Crippen molar-refractivity contribution in [2.24, 2.45) is 5.11 Å². The first-order valence-corrected chi connectivity index (χ1v) is 6.63. The molecular formula is C14H13N5O2. The topological polar surface area (TPSA) is 104 Å². The molecule has 1 N–H and O–H groups in total. The molecule has 0 atom stereocenters. The number of carbonyl (C=O) groups excluding carboxylic acids is 1. The van der Waals surface area contributed by atoms with Gasteiger partial charge in [0.05, 0.1) is 0 Å². The summed E-state index contributed by atoms with van der Waals surface area (Å²) in [7, 11) is 0. The van der Waals surface area contributed by atoms with Crippen molar-refractivity contribution in [2.75, 3.05) is 0 Å². The molecule has 0 aliphatic heterocycles. The Morgan fingerprint density at radius 2 is 2.14 bits per heavy atom. The molecule has 3 rings (SSSR count). The van der Waals surface area contributed by atoms with Crippen LogP contribution in [0.15, 0.2) is 46.0 Å². The van der Waals surface area contributed by atoms with Gasteiger partial charge < -0.3 is 9.84 Å². The van der Waals surface area contributed by atoms with E-state index in [1.165, 1.54) is 0 Å². The lowest BCUT2D eigenvalue weighted by Crippen LogP contribution is -2.45. The highest BCUT2D eigenvalue weighted by molar-refractivity contribution is 5.92. The molecule has 1 aromatic carbocycles. The third-order valence-electron chi connectivity index (χ3n) is 3.47. The predicted octanol–water partition coefficient (Wildman–Crippen LogP) is 2.91. The van der Waals surface area contributed by atoms with Crippen LogP contribution in [0.5, 0.6) is 0 Å². The fourth-order valence-corrected chi connectivity index (χ4v) is 2.26. The van der Waals surface area contributed by atoms with Gasteiger partial charge in [0.2, 0.25) is 5.76 Å². The molecule has 1 heterocycles. The van der Waals surface area contributed by atoms with Gasteiger partial charge in [-0.1, -0.05) is 40.6 Å². The van der Waals surface area contributed by atoms with Gasteiger partial charge in [0.1, 0.15) is 5.69 Å². The van der Waals surface area contributed by atoms with Crippen LogP contribution in [-0.4, -0.2) is 23.1 Å². The molecule has 1 fully saturated rings. The van der Waals surface area contributed by atoms with Crippen molar-refractivity contribution in [3.05, 3.63) is 52.6 Å². The Morgan fingerprint density at radius 3 is 2.86 bits per heavy atom. The smallest absolute Gasteiger partial charge is 0.290 e. The maximum Gasteiger partial charge on any atom is 0.290 e. The van der Waals surface area contributed by atoms with E-state index in [1.807, 2.05) is 30.3 Å². The molecule has 1 aliphatic carbocycles. The summed E-state index contributed by atoms with van der Waals surface area (Å²) in [4.78, 5) is 14.8. The van der Waals surface area contributed by atoms with Gasteiger partial charge >= 0.3 is 0 Å². The first-order valence-electron chi connectivity index (χ1n) is 6.63. The number of amides is 1. The number of rotatable bonds is 4. The van der Waals surface area contributed by atoms with E-state index >= 15 is 0 Å². The zero-order valence-corrected chi connectivity index (χ0v) is 11.1. The molecule has 1 amide bonds. The summed E-state index contributed by atoms with van der Waals surface area (Å²) >= 11 is 0. The van der Waals surface area contributed by atoms with Gasteiger partial charge in [-0.25, -0.2) is 0 Å². The van der Waals surface area contributed by atoms with Gasteiger partial charge in [-0.3, -0.25) is 4.79 Å². The largest absolute Gasteiger partial charge is 0.350 e. The van der Waals surface area contributed by atoms with Gasteiger partial charge in [0.25, 0.3) is 5.91 Å². The lowest BCUT2D eigenvalue weighted by molar-refractivity contribution is 0.0872. The van der Waals surface area contributed by atoms with Gasteiger partial charge in [0.15, 0.2) is 0 Å². The minimum absolute atomic E-state index is 0.0186. The monoisotopic (exact) mass is 283 g/mol. The van der Waals surface area contributed by atoms with Gasteiger partial charge in [-0.15, -0.1) is 0 Å². The van der Waals surface area contributed by atoms with Crippen LogP contribution >= 0.6 is 0 Å². The third kappa shape index (κ3) is 2.88. The summed E-state index contributed by atoms with van der Waals surface area (Å²) in [6.07, 6.45) is 1.32. The number of azide groups is 1. The highest BCUT2D eigenvalue weighted by Crippen LogP contribution is 2.24. The molecule has 21 heavy (non-hydrogen) atoms. The minimum atomic E-state index is -0.297. The molecule has 7 nitrogen and oxygen atoms in total. The maximum absolute atomic E-state index is 12.0. The van der Waals surface area contributed by atoms with Crippen LogP contribution in [0, 0.1) is 0 Å². The SMILES string of the molecule is [N-]=[N+]=NC1CC(NC(=O)c2cc(-c3ccccc3)no2)C1. The Bertz CT molecular complexity index is 684. The zero-order valence-electron chi connectivity index (χ0n) is 11.1. The van der Waals surface area contributed by atoms with Crippen LogP contribution in [0.4, 0.5) is 0 Å². The Labute approximate surface area is 120 Å². The lowest BCUT2D eigenvalue weighted by Gasteiger charge is -2.32. The number of carbonyl (C=O) groups is 1. The molecule has 1 saturated carbocycles. The second kappa shape index (κ2) is 5.68. The van der Waals surface area contributed by atoms with E-state index in [4.69, 9.17) is 10.1 Å². The average Bonchev–Trinajstić information content (AvgIpc) is 2.96. The normalized spacial score (nSPS) is 20.2. The number of hydrogen-bond acceptors (Lipinski definition) is 4. The highest BCUT2D eigenvalue weighted by atomic mass is 16.5. The van der Waals surface area contributed by atoms with E-state index in [1.54, 1.807) is 6.07 Å². The van der Waals surface area contributed by atoms with Crippen molar-refractivity contribution >= 4 is 5.91 Å². The second-order valence-corrected chi connectivity index (χ2v) is 4.94. The molecular weight excluding hydrogens is 270 g/mol. The van der Waals surface area contributed by atoms with Crippen molar-refractivity contribution in [1.29, 1.82) is 0 Å². The van der Waals surface area contributed by atoms with Crippen molar-refractivity contribution in [3.8, 4) is 11.3 Å². The van der Waals surface area contributed by atoms with Crippen molar-refractivity contribution in [3.63, 3.8) is 0 Å². The van der Waals surface area contributed by atoms with E-state index in [0.717, 1.165) is 5.56 Å². The van der Waals surface area contributed by atoms with Gasteiger partial charge in [-0.05, 0) is 18.4 Å². The highest BCUT2D eigenvalue weighted by Gasteiger charge is 2.30. The summed E-state index contributed by atoms with van der Waals surface area (Å²) in [6, 6.07) is 11.1. The fourth-order valence-electron chi connectivity index (χ4n) is 2.26. The quantitative estimate of drug-likeness (QED) is 0.529. The molecule has 0 spiro atoms. The van der Waals surface area contributed by atoms with Crippen molar-refractivity contribution in [2.45, 2.75) is 24.9 Å². The third-order valence-corrected chi connectivity index (χ3v) is 3.47. The molecule has 0 radical (unpaired) electrons. The van der Waals surface area contributed by atoms with E-state index in [-0.39, 0.29) is 23.8 Å². The molecule has 0 unspecified atom stereocenters. The summed E-state index contributed by atoms with van der Waals surface area (Å²) in [5.74, 6) is -0.116. The van der Waals surface area contributed by atoms with Crippen LogP contribution < -0.4 is 5.32 Å².